The first-order valence-corrected chi connectivity index (χ1v) is 4.86. The molecule has 13 heavy (non-hydrogen) atoms. The van der Waals surface area contributed by atoms with Crippen LogP contribution in [0.25, 0.3) is 0 Å². The molecular formula is C10H12ClNO. The largest absolute Gasteiger partial charge is 0.490 e. The van der Waals surface area contributed by atoms with Crippen LogP contribution in [0.5, 0.6) is 5.75 Å². The van der Waals surface area contributed by atoms with Crippen LogP contribution in [0.4, 0.5) is 5.69 Å². The number of hydrogen-bond acceptors (Lipinski definition) is 2. The molecule has 0 saturated carbocycles. The summed E-state index contributed by atoms with van der Waals surface area (Å²) in [7, 11) is 0. The monoisotopic (exact) mass is 197 g/mol. The third kappa shape index (κ3) is 1.59. The molecule has 2 rings (SSSR count). The van der Waals surface area contributed by atoms with E-state index in [1.54, 1.807) is 0 Å². The van der Waals surface area contributed by atoms with Crippen LogP contribution in [0.1, 0.15) is 6.92 Å². The molecule has 0 N–H and O–H groups in total. The van der Waals surface area contributed by atoms with Crippen molar-refractivity contribution in [2.45, 2.75) is 6.92 Å². The van der Waals surface area contributed by atoms with Crippen molar-refractivity contribution in [2.75, 3.05) is 24.6 Å². The molecule has 0 fully saturated rings. The lowest BCUT2D eigenvalue weighted by atomic mass is 10.2. The number of nitrogens with zero attached hydrogens (tertiary/aromatic N) is 1. The minimum Gasteiger partial charge on any atom is -0.490 e. The van der Waals surface area contributed by atoms with Crippen LogP contribution in [0.15, 0.2) is 18.2 Å². The van der Waals surface area contributed by atoms with Crippen molar-refractivity contribution in [3.63, 3.8) is 0 Å². The average molecular weight is 198 g/mol. The van der Waals surface area contributed by atoms with Crippen molar-refractivity contribution in [1.29, 1.82) is 0 Å². The summed E-state index contributed by atoms with van der Waals surface area (Å²) in [5.41, 5.74) is 1.11. The maximum atomic E-state index is 5.92. The molecule has 1 aromatic carbocycles. The van der Waals surface area contributed by atoms with Crippen molar-refractivity contribution >= 4 is 17.3 Å². The molecule has 0 amide bonds. The molecule has 0 aromatic heterocycles. The number of benzene rings is 1. The summed E-state index contributed by atoms with van der Waals surface area (Å²) in [5, 5.41) is 0.766. The minimum atomic E-state index is 0.766. The second-order valence-corrected chi connectivity index (χ2v) is 3.48. The van der Waals surface area contributed by atoms with Gasteiger partial charge in [0.1, 0.15) is 12.4 Å². The molecule has 0 aliphatic carbocycles. The van der Waals surface area contributed by atoms with E-state index in [0.717, 1.165) is 36.2 Å². The summed E-state index contributed by atoms with van der Waals surface area (Å²) in [6.45, 7) is 4.85. The predicted molar refractivity (Wildman–Crippen MR) is 54.8 cm³/mol. The zero-order valence-electron chi connectivity index (χ0n) is 7.59. The van der Waals surface area contributed by atoms with Gasteiger partial charge in [-0.2, -0.15) is 0 Å². The smallest absolute Gasteiger partial charge is 0.142 e. The molecule has 0 saturated heterocycles. The Balaban J connectivity index is 2.41. The third-order valence-corrected chi connectivity index (χ3v) is 2.50. The molecule has 0 radical (unpaired) electrons. The van der Waals surface area contributed by atoms with Gasteiger partial charge in [-0.1, -0.05) is 11.6 Å². The highest BCUT2D eigenvalue weighted by atomic mass is 35.5. The van der Waals surface area contributed by atoms with E-state index in [1.165, 1.54) is 0 Å². The first kappa shape index (κ1) is 8.70. The maximum absolute atomic E-state index is 5.92. The molecule has 0 bridgehead atoms. The lowest BCUT2D eigenvalue weighted by molar-refractivity contribution is 0.308. The van der Waals surface area contributed by atoms with Gasteiger partial charge in [-0.05, 0) is 25.1 Å². The average Bonchev–Trinajstić information content (AvgIpc) is 2.17. The number of hydrogen-bond donors (Lipinski definition) is 0. The summed E-state index contributed by atoms with van der Waals surface area (Å²) in [6, 6.07) is 5.75. The van der Waals surface area contributed by atoms with E-state index >= 15 is 0 Å². The highest BCUT2D eigenvalue weighted by molar-refractivity contribution is 6.30. The maximum Gasteiger partial charge on any atom is 0.142 e. The highest BCUT2D eigenvalue weighted by Gasteiger charge is 2.16. The van der Waals surface area contributed by atoms with Gasteiger partial charge in [0.25, 0.3) is 0 Å². The minimum absolute atomic E-state index is 0.766. The molecule has 0 unspecified atom stereocenters. The van der Waals surface area contributed by atoms with Gasteiger partial charge in [0.05, 0.1) is 12.2 Å². The van der Waals surface area contributed by atoms with E-state index in [1.807, 2.05) is 18.2 Å². The van der Waals surface area contributed by atoms with Crippen molar-refractivity contribution in [2.24, 2.45) is 0 Å². The predicted octanol–water partition coefficient (Wildman–Crippen LogP) is 2.56. The van der Waals surface area contributed by atoms with E-state index in [4.69, 9.17) is 16.3 Å². The van der Waals surface area contributed by atoms with Crippen LogP contribution in [-0.2, 0) is 0 Å². The Bertz CT molecular complexity index is 314. The van der Waals surface area contributed by atoms with Gasteiger partial charge < -0.3 is 9.64 Å². The zero-order valence-corrected chi connectivity index (χ0v) is 8.34. The fourth-order valence-electron chi connectivity index (χ4n) is 1.57. The third-order valence-electron chi connectivity index (χ3n) is 2.26. The van der Waals surface area contributed by atoms with Gasteiger partial charge in [-0.15, -0.1) is 0 Å². The Kier molecular flexibility index (Phi) is 2.32. The van der Waals surface area contributed by atoms with Crippen LogP contribution in [0, 0.1) is 0 Å². The van der Waals surface area contributed by atoms with Gasteiger partial charge in [-0.3, -0.25) is 0 Å². The Labute approximate surface area is 83.1 Å². The van der Waals surface area contributed by atoms with Crippen LogP contribution in [-0.4, -0.2) is 19.7 Å². The molecule has 3 heteroatoms. The number of halogens is 1. The van der Waals surface area contributed by atoms with Crippen LogP contribution in [0.2, 0.25) is 5.02 Å². The van der Waals surface area contributed by atoms with Crippen LogP contribution in [0.3, 0.4) is 0 Å². The topological polar surface area (TPSA) is 12.5 Å². The second kappa shape index (κ2) is 3.46. The zero-order chi connectivity index (χ0) is 9.26. The van der Waals surface area contributed by atoms with Crippen molar-refractivity contribution < 1.29 is 4.74 Å². The fraction of sp³-hybridized carbons (Fsp3) is 0.400. The van der Waals surface area contributed by atoms with Gasteiger partial charge in [-0.25, -0.2) is 0 Å². The molecule has 0 atom stereocenters. The molecule has 2 nitrogen and oxygen atoms in total. The lowest BCUT2D eigenvalue weighted by Crippen LogP contribution is -2.32. The van der Waals surface area contributed by atoms with Crippen LogP contribution < -0.4 is 9.64 Å². The number of fused-ring (bicyclic) bond motifs is 1. The van der Waals surface area contributed by atoms with Crippen LogP contribution >= 0.6 is 11.6 Å². The SMILES string of the molecule is CCN1CCOc2ccc(Cl)cc21. The highest BCUT2D eigenvalue weighted by Crippen LogP contribution is 2.33. The summed E-state index contributed by atoms with van der Waals surface area (Å²) in [4.78, 5) is 2.27. The number of ether oxygens (including phenoxy) is 1. The molecule has 1 aromatic rings. The summed E-state index contributed by atoms with van der Waals surface area (Å²) >= 11 is 5.92. The first-order valence-electron chi connectivity index (χ1n) is 4.48. The lowest BCUT2D eigenvalue weighted by Gasteiger charge is -2.30. The van der Waals surface area contributed by atoms with E-state index in [9.17, 15) is 0 Å². The molecule has 70 valence electrons. The number of anilines is 1. The van der Waals surface area contributed by atoms with Gasteiger partial charge in [0.15, 0.2) is 0 Å². The summed E-state index contributed by atoms with van der Waals surface area (Å²) in [5.74, 6) is 0.942. The Morgan fingerprint density at radius 2 is 2.38 bits per heavy atom. The standard InChI is InChI=1S/C10H12ClNO/c1-2-12-5-6-13-10-4-3-8(11)7-9(10)12/h3-4,7H,2,5-6H2,1H3. The van der Waals surface area contributed by atoms with Gasteiger partial charge in [0.2, 0.25) is 0 Å². The number of rotatable bonds is 1. The van der Waals surface area contributed by atoms with E-state index in [0.29, 0.717) is 0 Å². The van der Waals surface area contributed by atoms with E-state index < -0.39 is 0 Å². The normalized spacial score (nSPS) is 15.1. The van der Waals surface area contributed by atoms with Crippen molar-refractivity contribution in [3.8, 4) is 5.75 Å². The quantitative estimate of drug-likeness (QED) is 0.686. The van der Waals surface area contributed by atoms with Crippen molar-refractivity contribution in [3.05, 3.63) is 23.2 Å². The van der Waals surface area contributed by atoms with Gasteiger partial charge in [0, 0.05) is 11.6 Å². The molecule has 1 heterocycles. The number of likely N-dealkylation sites (N-methyl/N-ethyl adjacent to an activating group) is 1. The molecule has 0 spiro atoms. The fourth-order valence-corrected chi connectivity index (χ4v) is 1.74. The first-order chi connectivity index (χ1) is 6.31. The van der Waals surface area contributed by atoms with E-state index in [2.05, 4.69) is 11.8 Å². The Morgan fingerprint density at radius 3 is 3.15 bits per heavy atom. The second-order valence-electron chi connectivity index (χ2n) is 3.04. The molecular weight excluding hydrogens is 186 g/mol. The summed E-state index contributed by atoms with van der Waals surface area (Å²) in [6.07, 6.45) is 0. The molecule has 1 aliphatic heterocycles. The molecule has 1 aliphatic rings. The van der Waals surface area contributed by atoms with E-state index in [-0.39, 0.29) is 0 Å². The Hall–Kier alpha value is -0.890. The Morgan fingerprint density at radius 1 is 1.54 bits per heavy atom. The van der Waals surface area contributed by atoms with Gasteiger partial charge >= 0.3 is 0 Å². The summed E-state index contributed by atoms with van der Waals surface area (Å²) < 4.78 is 5.51. The van der Waals surface area contributed by atoms with Crippen molar-refractivity contribution in [1.82, 2.24) is 0 Å².